The standard InChI is InChI=1S/C48H33NO/c1-3-14-34(15-4-1)36-28-30-41(31-29-36)49(42-21-13-20-39(33-42)40-27-26-35-16-7-8-19-38(35)32-40)45-24-11-9-22-43(45)48-47(37-17-5-2-6-18-37)44-23-10-12-25-46(44)50-48/h1-33H. The van der Waals surface area contributed by atoms with Gasteiger partial charge in [-0.25, -0.2) is 0 Å². The van der Waals surface area contributed by atoms with Gasteiger partial charge in [0.25, 0.3) is 0 Å². The molecule has 2 heteroatoms. The van der Waals surface area contributed by atoms with Gasteiger partial charge in [-0.3, -0.25) is 0 Å². The molecule has 0 saturated carbocycles. The van der Waals surface area contributed by atoms with Crippen molar-refractivity contribution in [2.45, 2.75) is 0 Å². The number of fused-ring (bicyclic) bond motifs is 2. The van der Waals surface area contributed by atoms with Gasteiger partial charge in [-0.2, -0.15) is 0 Å². The SMILES string of the molecule is c1ccc(-c2ccc(N(c3cccc(-c4ccc5ccccc5c4)c3)c3ccccc3-c3oc4ccccc4c3-c3ccccc3)cc2)cc1. The van der Waals surface area contributed by atoms with Crippen LogP contribution in [0.15, 0.2) is 205 Å². The zero-order valence-corrected chi connectivity index (χ0v) is 27.4. The zero-order valence-electron chi connectivity index (χ0n) is 27.4. The van der Waals surface area contributed by atoms with Crippen molar-refractivity contribution < 1.29 is 4.42 Å². The Morgan fingerprint density at radius 1 is 0.360 bits per heavy atom. The molecule has 0 spiro atoms. The van der Waals surface area contributed by atoms with Crippen molar-refractivity contribution in [3.05, 3.63) is 200 Å². The molecule has 50 heavy (non-hydrogen) atoms. The molecule has 1 aromatic heterocycles. The first kappa shape index (κ1) is 29.5. The molecule has 2 nitrogen and oxygen atoms in total. The lowest BCUT2D eigenvalue weighted by Crippen LogP contribution is -2.11. The minimum Gasteiger partial charge on any atom is -0.455 e. The highest BCUT2D eigenvalue weighted by atomic mass is 16.3. The third-order valence-electron chi connectivity index (χ3n) is 9.47. The summed E-state index contributed by atoms with van der Waals surface area (Å²) < 4.78 is 6.79. The number of rotatable bonds is 7. The van der Waals surface area contributed by atoms with Crippen molar-refractivity contribution in [1.29, 1.82) is 0 Å². The summed E-state index contributed by atoms with van der Waals surface area (Å²) in [4.78, 5) is 2.36. The van der Waals surface area contributed by atoms with Gasteiger partial charge in [-0.1, -0.05) is 152 Å². The van der Waals surface area contributed by atoms with Gasteiger partial charge >= 0.3 is 0 Å². The second kappa shape index (κ2) is 12.8. The number of hydrogen-bond donors (Lipinski definition) is 0. The van der Waals surface area contributed by atoms with Crippen LogP contribution in [-0.2, 0) is 0 Å². The van der Waals surface area contributed by atoms with E-state index in [9.17, 15) is 0 Å². The van der Waals surface area contributed by atoms with E-state index < -0.39 is 0 Å². The Balaban J connectivity index is 1.25. The fourth-order valence-corrected chi connectivity index (χ4v) is 7.04. The van der Waals surface area contributed by atoms with E-state index in [4.69, 9.17) is 4.42 Å². The topological polar surface area (TPSA) is 16.4 Å². The smallest absolute Gasteiger partial charge is 0.145 e. The van der Waals surface area contributed by atoms with Crippen molar-refractivity contribution in [2.24, 2.45) is 0 Å². The number of para-hydroxylation sites is 2. The summed E-state index contributed by atoms with van der Waals surface area (Å²) in [6.07, 6.45) is 0. The summed E-state index contributed by atoms with van der Waals surface area (Å²) in [5.74, 6) is 0.851. The van der Waals surface area contributed by atoms with E-state index in [0.29, 0.717) is 0 Å². The Morgan fingerprint density at radius 2 is 0.960 bits per heavy atom. The fraction of sp³-hybridized carbons (Fsp3) is 0. The Morgan fingerprint density at radius 3 is 1.78 bits per heavy atom. The van der Waals surface area contributed by atoms with Crippen LogP contribution in [0.2, 0.25) is 0 Å². The number of nitrogens with zero attached hydrogens (tertiary/aromatic N) is 1. The van der Waals surface area contributed by atoms with Gasteiger partial charge in [-0.05, 0) is 87.1 Å². The zero-order chi connectivity index (χ0) is 33.3. The average molecular weight is 640 g/mol. The van der Waals surface area contributed by atoms with E-state index in [1.807, 2.05) is 6.07 Å². The van der Waals surface area contributed by atoms with Crippen LogP contribution in [0.1, 0.15) is 0 Å². The summed E-state index contributed by atoms with van der Waals surface area (Å²) in [6.45, 7) is 0. The summed E-state index contributed by atoms with van der Waals surface area (Å²) in [7, 11) is 0. The van der Waals surface area contributed by atoms with E-state index in [1.54, 1.807) is 0 Å². The molecular weight excluding hydrogens is 607 g/mol. The minimum atomic E-state index is 0.851. The van der Waals surface area contributed by atoms with E-state index >= 15 is 0 Å². The monoisotopic (exact) mass is 639 g/mol. The predicted molar refractivity (Wildman–Crippen MR) is 210 cm³/mol. The molecule has 0 aliphatic heterocycles. The van der Waals surface area contributed by atoms with Crippen molar-refractivity contribution in [3.63, 3.8) is 0 Å². The van der Waals surface area contributed by atoms with Crippen molar-refractivity contribution in [2.75, 3.05) is 4.90 Å². The van der Waals surface area contributed by atoms with Crippen molar-refractivity contribution >= 4 is 38.8 Å². The molecule has 0 aliphatic rings. The van der Waals surface area contributed by atoms with Gasteiger partial charge in [0, 0.05) is 27.9 Å². The molecule has 0 radical (unpaired) electrons. The molecule has 0 aliphatic carbocycles. The molecular formula is C48H33NO. The molecule has 1 heterocycles. The van der Waals surface area contributed by atoms with E-state index in [-0.39, 0.29) is 0 Å². The van der Waals surface area contributed by atoms with Crippen molar-refractivity contribution in [1.82, 2.24) is 0 Å². The molecule has 0 bridgehead atoms. The van der Waals surface area contributed by atoms with E-state index in [0.717, 1.165) is 56.0 Å². The van der Waals surface area contributed by atoms with Gasteiger partial charge in [0.2, 0.25) is 0 Å². The molecule has 9 rings (SSSR count). The van der Waals surface area contributed by atoms with Crippen LogP contribution in [0, 0.1) is 0 Å². The highest BCUT2D eigenvalue weighted by Gasteiger charge is 2.24. The lowest BCUT2D eigenvalue weighted by Gasteiger charge is -2.28. The Labute approximate surface area is 292 Å². The molecule has 0 atom stereocenters. The third kappa shape index (κ3) is 5.43. The van der Waals surface area contributed by atoms with Crippen molar-refractivity contribution in [3.8, 4) is 44.7 Å². The van der Waals surface area contributed by atoms with Crippen LogP contribution >= 0.6 is 0 Å². The number of hydrogen-bond acceptors (Lipinski definition) is 2. The highest BCUT2D eigenvalue weighted by molar-refractivity contribution is 6.04. The maximum absolute atomic E-state index is 6.79. The summed E-state index contributed by atoms with van der Waals surface area (Å²) in [5, 5.41) is 3.56. The van der Waals surface area contributed by atoms with Gasteiger partial charge < -0.3 is 9.32 Å². The van der Waals surface area contributed by atoms with E-state index in [2.05, 4.69) is 199 Å². The number of anilines is 3. The molecule has 0 fully saturated rings. The van der Waals surface area contributed by atoms with Crippen LogP contribution in [0.3, 0.4) is 0 Å². The minimum absolute atomic E-state index is 0.851. The molecule has 0 unspecified atom stereocenters. The average Bonchev–Trinajstić information content (AvgIpc) is 3.59. The van der Waals surface area contributed by atoms with Crippen LogP contribution < -0.4 is 4.90 Å². The van der Waals surface area contributed by atoms with Gasteiger partial charge in [0.05, 0.1) is 5.69 Å². The second-order valence-electron chi connectivity index (χ2n) is 12.5. The second-order valence-corrected chi connectivity index (χ2v) is 12.5. The quantitative estimate of drug-likeness (QED) is 0.173. The molecule has 9 aromatic rings. The Bertz CT molecular complexity index is 2580. The van der Waals surface area contributed by atoms with E-state index in [1.165, 1.54) is 27.5 Å². The first-order valence-electron chi connectivity index (χ1n) is 17.0. The number of furan rings is 1. The lowest BCUT2D eigenvalue weighted by atomic mass is 9.96. The normalized spacial score (nSPS) is 11.2. The van der Waals surface area contributed by atoms with Crippen LogP contribution in [0.5, 0.6) is 0 Å². The molecule has 0 amide bonds. The lowest BCUT2D eigenvalue weighted by molar-refractivity contribution is 0.632. The molecule has 8 aromatic carbocycles. The van der Waals surface area contributed by atoms with Gasteiger partial charge in [-0.15, -0.1) is 0 Å². The summed E-state index contributed by atoms with van der Waals surface area (Å²) in [5.41, 5.74) is 12.0. The van der Waals surface area contributed by atoms with Crippen LogP contribution in [0.4, 0.5) is 17.1 Å². The molecule has 0 saturated heterocycles. The Kier molecular flexibility index (Phi) is 7.53. The van der Waals surface area contributed by atoms with Gasteiger partial charge in [0.15, 0.2) is 0 Å². The van der Waals surface area contributed by atoms with Crippen LogP contribution in [-0.4, -0.2) is 0 Å². The third-order valence-corrected chi connectivity index (χ3v) is 9.47. The summed E-state index contributed by atoms with van der Waals surface area (Å²) >= 11 is 0. The van der Waals surface area contributed by atoms with Gasteiger partial charge in [0.1, 0.15) is 11.3 Å². The molecule has 0 N–H and O–H groups in total. The Hall–Kier alpha value is -6.64. The van der Waals surface area contributed by atoms with Crippen LogP contribution in [0.25, 0.3) is 66.4 Å². The number of benzene rings is 8. The maximum atomic E-state index is 6.79. The highest BCUT2D eigenvalue weighted by Crippen LogP contribution is 2.47. The predicted octanol–water partition coefficient (Wildman–Crippen LogP) is 13.7. The first-order chi connectivity index (χ1) is 24.8. The maximum Gasteiger partial charge on any atom is 0.145 e. The largest absolute Gasteiger partial charge is 0.455 e. The molecule has 236 valence electrons. The first-order valence-corrected chi connectivity index (χ1v) is 17.0. The fourth-order valence-electron chi connectivity index (χ4n) is 7.04. The summed E-state index contributed by atoms with van der Waals surface area (Å²) in [6, 6.07) is 71.0.